The van der Waals surface area contributed by atoms with Gasteiger partial charge in [-0.2, -0.15) is 5.10 Å². The second-order valence-corrected chi connectivity index (χ2v) is 10.5. The summed E-state index contributed by atoms with van der Waals surface area (Å²) in [5.41, 5.74) is 1.73. The molecule has 0 spiro atoms. The van der Waals surface area contributed by atoms with E-state index in [-0.39, 0.29) is 18.7 Å². The largest absolute Gasteiger partial charge is 0.471 e. The summed E-state index contributed by atoms with van der Waals surface area (Å²) in [7, 11) is 0. The molecule has 4 bridgehead atoms. The Balaban J connectivity index is 1.22. The molecule has 1 atom stereocenters. The lowest BCUT2D eigenvalue weighted by Crippen LogP contribution is -2.56. The first kappa shape index (κ1) is 20.9. The fourth-order valence-electron chi connectivity index (χ4n) is 6.93. The molecule has 4 fully saturated rings. The first-order valence-electron chi connectivity index (χ1n) is 11.7. The minimum atomic E-state index is -0.0660. The maximum absolute atomic E-state index is 13.0. The van der Waals surface area contributed by atoms with Crippen molar-refractivity contribution in [2.24, 2.45) is 23.2 Å². The lowest BCUT2D eigenvalue weighted by molar-refractivity contribution is -0.0727. The number of aryl methyl sites for hydroxylation is 1. The first-order valence-corrected chi connectivity index (χ1v) is 12.0. The van der Waals surface area contributed by atoms with E-state index >= 15 is 0 Å². The highest BCUT2D eigenvalue weighted by Gasteiger charge is 2.54. The summed E-state index contributed by atoms with van der Waals surface area (Å²) in [6.45, 7) is 4.41. The van der Waals surface area contributed by atoms with Crippen LogP contribution in [0.1, 0.15) is 67.9 Å². The summed E-state index contributed by atoms with van der Waals surface area (Å²) >= 11 is 6.07. The number of amides is 1. The summed E-state index contributed by atoms with van der Waals surface area (Å²) in [4.78, 5) is 13.0. The van der Waals surface area contributed by atoms with E-state index in [2.05, 4.69) is 17.3 Å². The normalized spacial score (nSPS) is 29.7. The third kappa shape index (κ3) is 4.09. The van der Waals surface area contributed by atoms with Crippen LogP contribution >= 0.6 is 11.6 Å². The molecule has 2 aromatic rings. The molecule has 166 valence electrons. The summed E-state index contributed by atoms with van der Waals surface area (Å²) < 4.78 is 7.46. The number of halogens is 1. The lowest BCUT2D eigenvalue weighted by Gasteiger charge is -2.59. The van der Waals surface area contributed by atoms with Crippen molar-refractivity contribution < 1.29 is 9.53 Å². The van der Waals surface area contributed by atoms with Gasteiger partial charge in [-0.15, -0.1) is 0 Å². The van der Waals surface area contributed by atoms with Crippen molar-refractivity contribution in [1.82, 2.24) is 15.1 Å². The average Bonchev–Trinajstić information content (AvgIpc) is 3.21. The molecule has 1 aromatic carbocycles. The van der Waals surface area contributed by atoms with E-state index in [1.54, 1.807) is 16.9 Å². The number of carbonyl (C=O) groups is 1. The smallest absolute Gasteiger partial charge is 0.272 e. The zero-order chi connectivity index (χ0) is 21.6. The molecule has 4 saturated carbocycles. The maximum atomic E-state index is 13.0. The second kappa shape index (κ2) is 8.16. The van der Waals surface area contributed by atoms with Gasteiger partial charge in [0.1, 0.15) is 11.4 Å². The first-order chi connectivity index (χ1) is 14.9. The van der Waals surface area contributed by atoms with Gasteiger partial charge in [0.25, 0.3) is 5.91 Å². The Bertz CT molecular complexity index is 934. The van der Waals surface area contributed by atoms with E-state index < -0.39 is 0 Å². The number of benzene rings is 1. The fourth-order valence-corrected chi connectivity index (χ4v) is 7.04. The summed E-state index contributed by atoms with van der Waals surface area (Å²) in [6, 6.07) is 7.58. The molecule has 0 unspecified atom stereocenters. The molecule has 1 aromatic heterocycles. The predicted octanol–water partition coefficient (Wildman–Crippen LogP) is 5.61. The lowest BCUT2D eigenvalue weighted by atomic mass is 9.47. The van der Waals surface area contributed by atoms with Gasteiger partial charge in [-0.05, 0) is 105 Å². The Hall–Kier alpha value is -2.01. The van der Waals surface area contributed by atoms with E-state index in [1.165, 1.54) is 38.5 Å². The molecule has 1 heterocycles. The monoisotopic (exact) mass is 441 g/mol. The standard InChI is InChI=1S/C25H32ClN3O2/c1-3-23(25-12-17-9-18(13-25)11-19(10-17)14-25)27-24(30)22-6-7-29(28-22)15-31-20-4-5-21(26)16(2)8-20/h4-8,17-19,23H,3,9-15H2,1-2H3,(H,27,30)/t17?,18?,19?,23-,25?/m0/s1. The minimum absolute atomic E-state index is 0.0660. The summed E-state index contributed by atoms with van der Waals surface area (Å²) in [5.74, 6) is 3.31. The van der Waals surface area contributed by atoms with Crippen LogP contribution in [-0.2, 0) is 6.73 Å². The second-order valence-electron chi connectivity index (χ2n) is 10.1. The van der Waals surface area contributed by atoms with Crippen molar-refractivity contribution in [3.05, 3.63) is 46.7 Å². The van der Waals surface area contributed by atoms with Gasteiger partial charge >= 0.3 is 0 Å². The topological polar surface area (TPSA) is 56.2 Å². The van der Waals surface area contributed by atoms with Crippen molar-refractivity contribution in [2.45, 2.75) is 71.6 Å². The molecule has 1 N–H and O–H groups in total. The number of aromatic nitrogens is 2. The van der Waals surface area contributed by atoms with Gasteiger partial charge in [0.2, 0.25) is 0 Å². The van der Waals surface area contributed by atoms with Crippen molar-refractivity contribution in [3.8, 4) is 5.75 Å². The number of rotatable bonds is 7. The van der Waals surface area contributed by atoms with Gasteiger partial charge in [0.05, 0.1) is 0 Å². The Labute approximate surface area is 189 Å². The van der Waals surface area contributed by atoms with E-state index in [0.717, 1.165) is 40.5 Å². The molecular weight excluding hydrogens is 410 g/mol. The van der Waals surface area contributed by atoms with Crippen molar-refractivity contribution in [1.29, 1.82) is 0 Å². The van der Waals surface area contributed by atoms with E-state index in [0.29, 0.717) is 11.1 Å². The quantitative estimate of drug-likeness (QED) is 0.607. The van der Waals surface area contributed by atoms with Crippen molar-refractivity contribution in [2.75, 3.05) is 0 Å². The zero-order valence-corrected chi connectivity index (χ0v) is 19.2. The highest BCUT2D eigenvalue weighted by Crippen LogP contribution is 2.61. The molecule has 6 rings (SSSR count). The van der Waals surface area contributed by atoms with Crippen LogP contribution in [0, 0.1) is 30.1 Å². The highest BCUT2D eigenvalue weighted by molar-refractivity contribution is 6.31. The number of hydrogen-bond donors (Lipinski definition) is 1. The Morgan fingerprint density at radius 2 is 1.90 bits per heavy atom. The van der Waals surface area contributed by atoms with Crippen LogP contribution in [0.25, 0.3) is 0 Å². The van der Waals surface area contributed by atoms with Crippen LogP contribution in [0.2, 0.25) is 5.02 Å². The van der Waals surface area contributed by atoms with Crippen LogP contribution in [0.5, 0.6) is 5.75 Å². The number of hydrogen-bond acceptors (Lipinski definition) is 3. The van der Waals surface area contributed by atoms with Gasteiger partial charge < -0.3 is 10.1 Å². The summed E-state index contributed by atoms with van der Waals surface area (Å²) in [5, 5.41) is 8.54. The van der Waals surface area contributed by atoms with Crippen LogP contribution in [-0.4, -0.2) is 21.7 Å². The average molecular weight is 442 g/mol. The SMILES string of the molecule is CC[C@H](NC(=O)c1ccn(COc2ccc(Cl)c(C)c2)n1)C12CC3CC(CC(C3)C1)C2. The van der Waals surface area contributed by atoms with Crippen LogP contribution in [0.15, 0.2) is 30.5 Å². The highest BCUT2D eigenvalue weighted by atomic mass is 35.5. The Morgan fingerprint density at radius 1 is 1.23 bits per heavy atom. The number of nitrogens with one attached hydrogen (secondary N) is 1. The molecule has 1 amide bonds. The zero-order valence-electron chi connectivity index (χ0n) is 18.4. The number of ether oxygens (including phenoxy) is 1. The molecule has 31 heavy (non-hydrogen) atoms. The van der Waals surface area contributed by atoms with Crippen molar-refractivity contribution in [3.63, 3.8) is 0 Å². The molecule has 4 aliphatic carbocycles. The van der Waals surface area contributed by atoms with E-state index in [4.69, 9.17) is 16.3 Å². The molecule has 0 aliphatic heterocycles. The Kier molecular flexibility index (Phi) is 5.49. The molecule has 4 aliphatic rings. The molecular formula is C25H32ClN3O2. The van der Waals surface area contributed by atoms with Crippen LogP contribution in [0.3, 0.4) is 0 Å². The number of carbonyl (C=O) groups excluding carboxylic acids is 1. The van der Waals surface area contributed by atoms with Gasteiger partial charge in [-0.1, -0.05) is 18.5 Å². The van der Waals surface area contributed by atoms with Crippen molar-refractivity contribution >= 4 is 17.5 Å². The third-order valence-corrected chi connectivity index (χ3v) is 8.33. The summed E-state index contributed by atoms with van der Waals surface area (Å²) in [6.07, 6.45) is 10.9. The maximum Gasteiger partial charge on any atom is 0.272 e. The molecule has 0 radical (unpaired) electrons. The van der Waals surface area contributed by atoms with Crippen LogP contribution in [0.4, 0.5) is 0 Å². The molecule has 5 nitrogen and oxygen atoms in total. The van der Waals surface area contributed by atoms with Gasteiger partial charge in [0, 0.05) is 17.3 Å². The Morgan fingerprint density at radius 3 is 2.52 bits per heavy atom. The van der Waals surface area contributed by atoms with Crippen LogP contribution < -0.4 is 10.1 Å². The van der Waals surface area contributed by atoms with E-state index in [1.807, 2.05) is 25.1 Å². The minimum Gasteiger partial charge on any atom is -0.471 e. The van der Waals surface area contributed by atoms with Gasteiger partial charge in [-0.3, -0.25) is 4.79 Å². The molecule has 0 saturated heterocycles. The predicted molar refractivity (Wildman–Crippen MR) is 121 cm³/mol. The van der Waals surface area contributed by atoms with Gasteiger partial charge in [-0.25, -0.2) is 4.68 Å². The molecule has 6 heteroatoms. The third-order valence-electron chi connectivity index (χ3n) is 7.90. The fraction of sp³-hybridized carbons (Fsp3) is 0.600. The van der Waals surface area contributed by atoms with Gasteiger partial charge in [0.15, 0.2) is 6.73 Å². The number of nitrogens with zero attached hydrogens (tertiary/aromatic N) is 2. The van der Waals surface area contributed by atoms with E-state index in [9.17, 15) is 4.79 Å².